The number of hydrogen-bond donors (Lipinski definition) is 1. The van der Waals surface area contributed by atoms with Crippen molar-refractivity contribution in [1.82, 2.24) is 15.1 Å². The molecule has 2 aromatic carbocycles. The maximum Gasteiger partial charge on any atom is 0.415 e. The Balaban J connectivity index is 1.45. The molecule has 27 heavy (non-hydrogen) atoms. The number of urea groups is 1. The summed E-state index contributed by atoms with van der Waals surface area (Å²) in [6, 6.07) is 16.4. The van der Waals surface area contributed by atoms with E-state index in [2.05, 4.69) is 5.32 Å². The fourth-order valence-corrected chi connectivity index (χ4v) is 2.88. The number of para-hydroxylation sites is 2. The summed E-state index contributed by atoms with van der Waals surface area (Å²) in [4.78, 5) is 27.9. The Morgan fingerprint density at radius 2 is 1.56 bits per heavy atom. The number of rotatable bonds is 4. The third-order valence-corrected chi connectivity index (χ3v) is 4.40. The fraction of sp³-hybridized carbons (Fsp3) is 0.300. The van der Waals surface area contributed by atoms with E-state index < -0.39 is 6.09 Å². The number of ether oxygens (including phenoxy) is 2. The van der Waals surface area contributed by atoms with Crippen LogP contribution >= 0.6 is 0 Å². The van der Waals surface area contributed by atoms with Gasteiger partial charge in [-0.25, -0.2) is 9.59 Å². The normalized spacial score (nSPS) is 13.8. The molecule has 7 nitrogen and oxygen atoms in total. The zero-order chi connectivity index (χ0) is 19.1. The minimum absolute atomic E-state index is 0.156. The summed E-state index contributed by atoms with van der Waals surface area (Å²) in [6.07, 6.45) is -0.393. The smallest absolute Gasteiger partial charge is 0.415 e. The van der Waals surface area contributed by atoms with E-state index in [0.717, 1.165) is 11.3 Å². The van der Waals surface area contributed by atoms with Crippen LogP contribution in [0.3, 0.4) is 0 Å². The highest BCUT2D eigenvalue weighted by molar-refractivity contribution is 5.75. The van der Waals surface area contributed by atoms with Crippen LogP contribution in [0.1, 0.15) is 5.56 Å². The minimum Gasteiger partial charge on any atom is -0.496 e. The first-order chi connectivity index (χ1) is 13.2. The molecule has 0 radical (unpaired) electrons. The maximum absolute atomic E-state index is 12.4. The van der Waals surface area contributed by atoms with Crippen molar-refractivity contribution in [1.29, 1.82) is 0 Å². The van der Waals surface area contributed by atoms with Crippen molar-refractivity contribution in [2.45, 2.75) is 6.54 Å². The summed E-state index contributed by atoms with van der Waals surface area (Å²) < 4.78 is 10.6. The minimum atomic E-state index is -0.393. The molecule has 0 spiro atoms. The van der Waals surface area contributed by atoms with Gasteiger partial charge in [-0.2, -0.15) is 0 Å². The van der Waals surface area contributed by atoms with Crippen LogP contribution in [-0.2, 0) is 6.54 Å². The van der Waals surface area contributed by atoms with Gasteiger partial charge in [-0.1, -0.05) is 36.4 Å². The predicted molar refractivity (Wildman–Crippen MR) is 101 cm³/mol. The molecular weight excluding hydrogens is 346 g/mol. The molecule has 0 aromatic heterocycles. The summed E-state index contributed by atoms with van der Waals surface area (Å²) in [7, 11) is 1.61. The molecule has 7 heteroatoms. The van der Waals surface area contributed by atoms with E-state index in [9.17, 15) is 9.59 Å². The molecular formula is C20H23N3O4. The number of nitrogens with zero attached hydrogens (tertiary/aromatic N) is 2. The van der Waals surface area contributed by atoms with Gasteiger partial charge in [0.2, 0.25) is 0 Å². The molecule has 1 N–H and O–H groups in total. The largest absolute Gasteiger partial charge is 0.496 e. The summed E-state index contributed by atoms with van der Waals surface area (Å²) in [6.45, 7) is 2.18. The highest BCUT2D eigenvalue weighted by Crippen LogP contribution is 2.17. The molecule has 2 aromatic rings. The predicted octanol–water partition coefficient (Wildman–Crippen LogP) is 2.72. The van der Waals surface area contributed by atoms with Crippen molar-refractivity contribution >= 4 is 12.1 Å². The van der Waals surface area contributed by atoms with E-state index in [1.807, 2.05) is 42.5 Å². The Hall–Kier alpha value is -3.22. The molecule has 1 aliphatic heterocycles. The van der Waals surface area contributed by atoms with Crippen LogP contribution in [0.2, 0.25) is 0 Å². The lowest BCUT2D eigenvalue weighted by Crippen LogP contribution is -2.53. The van der Waals surface area contributed by atoms with Crippen molar-refractivity contribution in [3.8, 4) is 11.5 Å². The van der Waals surface area contributed by atoms with Crippen LogP contribution in [0.15, 0.2) is 54.6 Å². The van der Waals surface area contributed by atoms with Crippen molar-refractivity contribution in [2.24, 2.45) is 0 Å². The van der Waals surface area contributed by atoms with Gasteiger partial charge in [0, 0.05) is 38.3 Å². The molecule has 142 valence electrons. The number of hydrogen-bond acceptors (Lipinski definition) is 4. The highest BCUT2D eigenvalue weighted by atomic mass is 16.6. The zero-order valence-corrected chi connectivity index (χ0v) is 15.3. The molecule has 3 rings (SSSR count). The monoisotopic (exact) mass is 369 g/mol. The number of amides is 3. The molecule has 0 aliphatic carbocycles. The van der Waals surface area contributed by atoms with Gasteiger partial charge in [0.25, 0.3) is 0 Å². The van der Waals surface area contributed by atoms with E-state index in [1.54, 1.807) is 29.0 Å². The van der Waals surface area contributed by atoms with Crippen LogP contribution in [0.5, 0.6) is 11.5 Å². The lowest BCUT2D eigenvalue weighted by Gasteiger charge is -2.34. The Labute approximate surface area is 158 Å². The summed E-state index contributed by atoms with van der Waals surface area (Å²) >= 11 is 0. The third-order valence-electron chi connectivity index (χ3n) is 4.40. The second-order valence-corrected chi connectivity index (χ2v) is 6.13. The number of piperazine rings is 1. The number of carbonyl (C=O) groups excluding carboxylic acids is 2. The van der Waals surface area contributed by atoms with Crippen molar-refractivity contribution in [3.05, 3.63) is 60.2 Å². The van der Waals surface area contributed by atoms with E-state index in [-0.39, 0.29) is 6.03 Å². The lowest BCUT2D eigenvalue weighted by atomic mass is 10.2. The van der Waals surface area contributed by atoms with Crippen LogP contribution < -0.4 is 14.8 Å². The van der Waals surface area contributed by atoms with Gasteiger partial charge in [0.1, 0.15) is 11.5 Å². The first-order valence-corrected chi connectivity index (χ1v) is 8.84. The van der Waals surface area contributed by atoms with Crippen LogP contribution in [0.4, 0.5) is 9.59 Å². The van der Waals surface area contributed by atoms with Gasteiger partial charge < -0.3 is 24.6 Å². The van der Waals surface area contributed by atoms with Gasteiger partial charge in [0.05, 0.1) is 7.11 Å². The quantitative estimate of drug-likeness (QED) is 0.900. The molecule has 1 heterocycles. The molecule has 1 fully saturated rings. The summed E-state index contributed by atoms with van der Waals surface area (Å²) in [5.74, 6) is 1.26. The van der Waals surface area contributed by atoms with Crippen molar-refractivity contribution in [3.63, 3.8) is 0 Å². The third kappa shape index (κ3) is 4.91. The van der Waals surface area contributed by atoms with Gasteiger partial charge >= 0.3 is 12.1 Å². The van der Waals surface area contributed by atoms with Crippen molar-refractivity contribution in [2.75, 3.05) is 33.3 Å². The van der Waals surface area contributed by atoms with Crippen LogP contribution in [-0.4, -0.2) is 55.2 Å². The maximum atomic E-state index is 12.4. The fourth-order valence-electron chi connectivity index (χ4n) is 2.88. The Kier molecular flexibility index (Phi) is 6.14. The standard InChI is InChI=1S/C20H23N3O4/c1-26-18-10-6-5-7-16(18)15-21-19(24)22-11-13-23(14-12-22)20(25)27-17-8-3-2-4-9-17/h2-10H,11-15H2,1H3,(H,21,24). The molecule has 0 unspecified atom stereocenters. The molecule has 1 saturated heterocycles. The molecule has 1 aliphatic rings. The number of methoxy groups -OCH3 is 1. The van der Waals surface area contributed by atoms with Gasteiger partial charge in [-0.15, -0.1) is 0 Å². The average Bonchev–Trinajstić information content (AvgIpc) is 2.73. The lowest BCUT2D eigenvalue weighted by molar-refractivity contribution is 0.116. The van der Waals surface area contributed by atoms with E-state index in [1.165, 1.54) is 0 Å². The first kappa shape index (κ1) is 18.6. The number of benzene rings is 2. The Morgan fingerprint density at radius 1 is 0.926 bits per heavy atom. The van der Waals surface area contributed by atoms with E-state index in [0.29, 0.717) is 38.5 Å². The van der Waals surface area contributed by atoms with E-state index in [4.69, 9.17) is 9.47 Å². The van der Waals surface area contributed by atoms with Crippen molar-refractivity contribution < 1.29 is 19.1 Å². The highest BCUT2D eigenvalue weighted by Gasteiger charge is 2.25. The van der Waals surface area contributed by atoms with Crippen LogP contribution in [0, 0.1) is 0 Å². The SMILES string of the molecule is COc1ccccc1CNC(=O)N1CCN(C(=O)Oc2ccccc2)CC1. The Morgan fingerprint density at radius 3 is 2.26 bits per heavy atom. The molecule has 0 atom stereocenters. The van der Waals surface area contributed by atoms with Crippen LogP contribution in [0.25, 0.3) is 0 Å². The molecule has 3 amide bonds. The Bertz CT molecular complexity index is 774. The second-order valence-electron chi connectivity index (χ2n) is 6.13. The number of carbonyl (C=O) groups is 2. The van der Waals surface area contributed by atoms with E-state index >= 15 is 0 Å². The van der Waals surface area contributed by atoms with Gasteiger partial charge in [-0.05, 0) is 18.2 Å². The van der Waals surface area contributed by atoms with Gasteiger partial charge in [0.15, 0.2) is 0 Å². The van der Waals surface area contributed by atoms with Gasteiger partial charge in [-0.3, -0.25) is 0 Å². The molecule has 0 bridgehead atoms. The second kappa shape index (κ2) is 8.93. The average molecular weight is 369 g/mol. The zero-order valence-electron chi connectivity index (χ0n) is 15.3. The topological polar surface area (TPSA) is 71.1 Å². The first-order valence-electron chi connectivity index (χ1n) is 8.84. The summed E-state index contributed by atoms with van der Waals surface area (Å²) in [5, 5.41) is 2.90. The number of nitrogens with one attached hydrogen (secondary N) is 1. The summed E-state index contributed by atoms with van der Waals surface area (Å²) in [5.41, 5.74) is 0.915. The molecule has 0 saturated carbocycles.